The normalized spacial score (nSPS) is 10.4. The zero-order chi connectivity index (χ0) is 11.4. The predicted octanol–water partition coefficient (Wildman–Crippen LogP) is 0.968. The Labute approximate surface area is 89.2 Å². The highest BCUT2D eigenvalue weighted by Gasteiger charge is 2.08. The molecule has 0 bridgehead atoms. The van der Waals surface area contributed by atoms with Gasteiger partial charge in [-0.1, -0.05) is 13.8 Å². The third kappa shape index (κ3) is 3.19. The molecule has 5 heteroatoms. The molecule has 1 aromatic rings. The van der Waals surface area contributed by atoms with Crippen LogP contribution in [0.5, 0.6) is 5.88 Å². The van der Waals surface area contributed by atoms with Crippen molar-refractivity contribution in [1.82, 2.24) is 9.97 Å². The minimum absolute atomic E-state index is 0.0688. The van der Waals surface area contributed by atoms with Gasteiger partial charge >= 0.3 is 0 Å². The third-order valence-electron chi connectivity index (χ3n) is 1.82. The van der Waals surface area contributed by atoms with Gasteiger partial charge in [0.15, 0.2) is 0 Å². The van der Waals surface area contributed by atoms with Crippen LogP contribution in [0, 0.1) is 11.3 Å². The fourth-order valence-electron chi connectivity index (χ4n) is 1.17. The van der Waals surface area contributed by atoms with Gasteiger partial charge in [0, 0.05) is 12.5 Å². The van der Waals surface area contributed by atoms with Gasteiger partial charge in [0.25, 0.3) is 0 Å². The van der Waals surface area contributed by atoms with E-state index in [0.717, 1.165) is 6.42 Å². The number of nitrogen functional groups attached to an aromatic ring is 1. The Morgan fingerprint density at radius 3 is 2.67 bits per heavy atom. The largest absolute Gasteiger partial charge is 0.481 e. The van der Waals surface area contributed by atoms with Crippen molar-refractivity contribution in [3.05, 3.63) is 17.6 Å². The Morgan fingerprint density at radius 2 is 2.20 bits per heavy atom. The maximum absolute atomic E-state index is 7.32. The molecule has 82 valence electrons. The van der Waals surface area contributed by atoms with Crippen LogP contribution in [0.25, 0.3) is 0 Å². The van der Waals surface area contributed by atoms with Gasteiger partial charge in [0.05, 0.1) is 7.11 Å². The number of hydrogen-bond donors (Lipinski definition) is 2. The average molecular weight is 208 g/mol. The van der Waals surface area contributed by atoms with Gasteiger partial charge in [-0.2, -0.15) is 4.98 Å². The first-order chi connectivity index (χ1) is 7.02. The van der Waals surface area contributed by atoms with E-state index in [-0.39, 0.29) is 5.84 Å². The smallest absolute Gasteiger partial charge is 0.217 e. The van der Waals surface area contributed by atoms with Crippen molar-refractivity contribution in [3.8, 4) is 5.88 Å². The zero-order valence-corrected chi connectivity index (χ0v) is 9.24. The van der Waals surface area contributed by atoms with E-state index < -0.39 is 0 Å². The summed E-state index contributed by atoms with van der Waals surface area (Å²) in [4.78, 5) is 8.37. The van der Waals surface area contributed by atoms with Crippen molar-refractivity contribution >= 4 is 5.84 Å². The van der Waals surface area contributed by atoms with Crippen LogP contribution >= 0.6 is 0 Å². The van der Waals surface area contributed by atoms with E-state index in [2.05, 4.69) is 23.8 Å². The summed E-state index contributed by atoms with van der Waals surface area (Å²) in [5, 5.41) is 7.32. The maximum atomic E-state index is 7.32. The van der Waals surface area contributed by atoms with Crippen molar-refractivity contribution in [2.24, 2.45) is 11.7 Å². The van der Waals surface area contributed by atoms with E-state index >= 15 is 0 Å². The lowest BCUT2D eigenvalue weighted by Crippen LogP contribution is -2.16. The Balaban J connectivity index is 3.05. The van der Waals surface area contributed by atoms with Crippen LogP contribution < -0.4 is 10.5 Å². The van der Waals surface area contributed by atoms with Crippen LogP contribution in [-0.2, 0) is 6.42 Å². The van der Waals surface area contributed by atoms with Gasteiger partial charge in [0.2, 0.25) is 5.88 Å². The molecule has 0 radical (unpaired) electrons. The molecule has 3 N–H and O–H groups in total. The number of nitrogens with two attached hydrogens (primary N) is 1. The number of nitrogens with one attached hydrogen (secondary N) is 1. The molecule has 0 saturated heterocycles. The molecule has 0 aliphatic heterocycles. The Kier molecular flexibility index (Phi) is 3.60. The van der Waals surface area contributed by atoms with Crippen molar-refractivity contribution in [3.63, 3.8) is 0 Å². The van der Waals surface area contributed by atoms with Crippen LogP contribution in [0.2, 0.25) is 0 Å². The molecule has 5 nitrogen and oxygen atoms in total. The first kappa shape index (κ1) is 11.4. The van der Waals surface area contributed by atoms with Crippen molar-refractivity contribution in [2.45, 2.75) is 20.3 Å². The second-order valence-electron chi connectivity index (χ2n) is 3.72. The fourth-order valence-corrected chi connectivity index (χ4v) is 1.17. The highest BCUT2D eigenvalue weighted by atomic mass is 16.5. The van der Waals surface area contributed by atoms with E-state index in [1.54, 1.807) is 6.07 Å². The summed E-state index contributed by atoms with van der Waals surface area (Å²) in [5.41, 5.74) is 5.79. The first-order valence-electron chi connectivity index (χ1n) is 4.79. The second kappa shape index (κ2) is 4.72. The average Bonchev–Trinajstić information content (AvgIpc) is 2.16. The Morgan fingerprint density at radius 1 is 1.53 bits per heavy atom. The molecule has 1 heterocycles. The number of amidine groups is 1. The molecule has 15 heavy (non-hydrogen) atoms. The van der Waals surface area contributed by atoms with E-state index in [4.69, 9.17) is 15.9 Å². The molecular formula is C10H16N4O. The van der Waals surface area contributed by atoms with Gasteiger partial charge in [-0.25, -0.2) is 4.98 Å². The number of ether oxygens (including phenoxy) is 1. The predicted molar refractivity (Wildman–Crippen MR) is 58.1 cm³/mol. The summed E-state index contributed by atoms with van der Waals surface area (Å²) in [6.07, 6.45) is 0.747. The van der Waals surface area contributed by atoms with Crippen molar-refractivity contribution in [1.29, 1.82) is 5.41 Å². The monoisotopic (exact) mass is 208 g/mol. The summed E-state index contributed by atoms with van der Waals surface area (Å²) in [7, 11) is 1.53. The molecule has 0 amide bonds. The van der Waals surface area contributed by atoms with Gasteiger partial charge in [-0.15, -0.1) is 0 Å². The van der Waals surface area contributed by atoms with E-state index in [1.165, 1.54) is 7.11 Å². The minimum Gasteiger partial charge on any atom is -0.481 e. The van der Waals surface area contributed by atoms with Crippen LogP contribution in [-0.4, -0.2) is 22.9 Å². The number of hydrogen-bond acceptors (Lipinski definition) is 4. The molecule has 0 aliphatic rings. The highest BCUT2D eigenvalue weighted by Crippen LogP contribution is 2.11. The van der Waals surface area contributed by atoms with Gasteiger partial charge in [-0.3, -0.25) is 5.41 Å². The van der Waals surface area contributed by atoms with Gasteiger partial charge in [-0.05, 0) is 5.92 Å². The van der Waals surface area contributed by atoms with Crippen LogP contribution in [0.3, 0.4) is 0 Å². The van der Waals surface area contributed by atoms with Gasteiger partial charge < -0.3 is 10.5 Å². The van der Waals surface area contributed by atoms with Crippen LogP contribution in [0.4, 0.5) is 0 Å². The molecule has 0 saturated carbocycles. The third-order valence-corrected chi connectivity index (χ3v) is 1.82. The lowest BCUT2D eigenvalue weighted by atomic mass is 10.1. The summed E-state index contributed by atoms with van der Waals surface area (Å²) in [5.74, 6) is 1.50. The molecule has 0 aromatic carbocycles. The topological polar surface area (TPSA) is 84.9 Å². The standard InChI is InChI=1S/C10H16N4O/c1-6(2)4-8-13-7(10(11)12)5-9(14-8)15-3/h5-6H,4H2,1-3H3,(H3,11,12). The lowest BCUT2D eigenvalue weighted by Gasteiger charge is -2.07. The summed E-state index contributed by atoms with van der Waals surface area (Å²) >= 11 is 0. The van der Waals surface area contributed by atoms with Crippen molar-refractivity contribution < 1.29 is 4.74 Å². The van der Waals surface area contributed by atoms with Crippen LogP contribution in [0.15, 0.2) is 6.07 Å². The molecule has 0 atom stereocenters. The number of nitrogens with zero attached hydrogens (tertiary/aromatic N) is 2. The maximum Gasteiger partial charge on any atom is 0.217 e. The molecule has 0 fully saturated rings. The lowest BCUT2D eigenvalue weighted by molar-refractivity contribution is 0.393. The fraction of sp³-hybridized carbons (Fsp3) is 0.500. The molecule has 0 aliphatic carbocycles. The zero-order valence-electron chi connectivity index (χ0n) is 9.24. The van der Waals surface area contributed by atoms with Crippen molar-refractivity contribution in [2.75, 3.05) is 7.11 Å². The van der Waals surface area contributed by atoms with E-state index in [9.17, 15) is 0 Å². The molecule has 0 spiro atoms. The minimum atomic E-state index is -0.0688. The molecule has 1 rings (SSSR count). The number of rotatable bonds is 4. The first-order valence-corrected chi connectivity index (χ1v) is 4.79. The summed E-state index contributed by atoms with van der Waals surface area (Å²) < 4.78 is 5.02. The Bertz CT molecular complexity index is 362. The molecular weight excluding hydrogens is 192 g/mol. The second-order valence-corrected chi connectivity index (χ2v) is 3.72. The highest BCUT2D eigenvalue weighted by molar-refractivity contribution is 5.93. The number of aromatic nitrogens is 2. The van der Waals surface area contributed by atoms with Crippen LogP contribution in [0.1, 0.15) is 25.4 Å². The molecule has 1 aromatic heterocycles. The SMILES string of the molecule is COc1cc(C(=N)N)nc(CC(C)C)n1. The quantitative estimate of drug-likeness (QED) is 0.570. The van der Waals surface area contributed by atoms with E-state index in [1.807, 2.05) is 0 Å². The van der Waals surface area contributed by atoms with Gasteiger partial charge in [0.1, 0.15) is 17.4 Å². The Hall–Kier alpha value is -1.65. The summed E-state index contributed by atoms with van der Waals surface area (Å²) in [6.45, 7) is 4.16. The summed E-state index contributed by atoms with van der Waals surface area (Å²) in [6, 6.07) is 1.56. The molecule has 0 unspecified atom stereocenters. The van der Waals surface area contributed by atoms with E-state index in [0.29, 0.717) is 23.3 Å². The number of methoxy groups -OCH3 is 1.